The molecule has 2 amide bonds. The predicted octanol–water partition coefficient (Wildman–Crippen LogP) is 3.96. The Bertz CT molecular complexity index is 1240. The lowest BCUT2D eigenvalue weighted by atomic mass is 9.98. The molecule has 2 atom stereocenters. The highest BCUT2D eigenvalue weighted by Crippen LogP contribution is 2.44. The van der Waals surface area contributed by atoms with Crippen LogP contribution < -0.4 is 10.2 Å². The number of carboxylic acids is 1. The second-order valence-electron chi connectivity index (χ2n) is 8.59. The van der Waals surface area contributed by atoms with Crippen molar-refractivity contribution in [2.45, 2.75) is 31.3 Å². The smallest absolute Gasteiger partial charge is 0.407 e. The number of benzene rings is 3. The number of alkyl carbamates (subject to hydrolysis) is 1. The third-order valence-corrected chi connectivity index (χ3v) is 6.55. The van der Waals surface area contributed by atoms with Crippen LogP contribution in [-0.4, -0.2) is 41.8 Å². The van der Waals surface area contributed by atoms with E-state index in [9.17, 15) is 19.5 Å². The van der Waals surface area contributed by atoms with Crippen molar-refractivity contribution in [3.63, 3.8) is 0 Å². The number of nitrogens with zero attached hydrogens (tertiary/aromatic N) is 1. The van der Waals surface area contributed by atoms with Crippen molar-refractivity contribution >= 4 is 23.7 Å². The Morgan fingerprint density at radius 3 is 2.21 bits per heavy atom. The molecule has 1 heterocycles. The van der Waals surface area contributed by atoms with Crippen molar-refractivity contribution in [1.82, 2.24) is 5.32 Å². The highest BCUT2D eigenvalue weighted by Gasteiger charge is 2.40. The molecule has 0 saturated heterocycles. The zero-order valence-electron chi connectivity index (χ0n) is 18.6. The van der Waals surface area contributed by atoms with E-state index in [1.165, 1.54) is 11.8 Å². The summed E-state index contributed by atoms with van der Waals surface area (Å²) in [6.45, 7) is 1.66. The molecule has 3 aromatic carbocycles. The number of para-hydroxylation sites is 1. The average Bonchev–Trinajstić information content (AvgIpc) is 3.39. The summed E-state index contributed by atoms with van der Waals surface area (Å²) in [6.07, 6.45) is -0.489. The van der Waals surface area contributed by atoms with Gasteiger partial charge < -0.3 is 15.2 Å². The van der Waals surface area contributed by atoms with Gasteiger partial charge in [-0.1, -0.05) is 66.7 Å². The molecule has 0 bridgehead atoms. The van der Waals surface area contributed by atoms with Crippen molar-refractivity contribution in [3.8, 4) is 11.1 Å². The molecule has 34 heavy (non-hydrogen) atoms. The number of fused-ring (bicyclic) bond motifs is 4. The Labute approximate surface area is 197 Å². The van der Waals surface area contributed by atoms with Gasteiger partial charge in [0.15, 0.2) is 0 Å². The lowest BCUT2D eigenvalue weighted by Gasteiger charge is -2.26. The number of amides is 2. The first-order valence-electron chi connectivity index (χ1n) is 11.2. The molecule has 7 nitrogen and oxygen atoms in total. The normalized spacial score (nSPS) is 16.9. The number of aliphatic carboxylic acids is 1. The number of anilines is 1. The van der Waals surface area contributed by atoms with E-state index in [0.717, 1.165) is 27.8 Å². The molecule has 2 aliphatic rings. The summed E-state index contributed by atoms with van der Waals surface area (Å²) < 4.78 is 5.53. The van der Waals surface area contributed by atoms with E-state index < -0.39 is 30.1 Å². The molecule has 3 aromatic rings. The summed E-state index contributed by atoms with van der Waals surface area (Å²) in [5.74, 6) is -1.67. The van der Waals surface area contributed by atoms with Crippen LogP contribution in [0.25, 0.3) is 11.1 Å². The maximum absolute atomic E-state index is 13.1. The van der Waals surface area contributed by atoms with Gasteiger partial charge in [-0.15, -0.1) is 0 Å². The highest BCUT2D eigenvalue weighted by atomic mass is 16.5. The fourth-order valence-corrected chi connectivity index (χ4v) is 4.94. The Morgan fingerprint density at radius 2 is 1.56 bits per heavy atom. The Morgan fingerprint density at radius 1 is 0.971 bits per heavy atom. The second-order valence-corrected chi connectivity index (χ2v) is 8.59. The minimum absolute atomic E-state index is 0.0917. The molecule has 172 valence electrons. The quantitative estimate of drug-likeness (QED) is 0.606. The van der Waals surface area contributed by atoms with E-state index in [-0.39, 0.29) is 18.9 Å². The van der Waals surface area contributed by atoms with E-state index >= 15 is 0 Å². The second kappa shape index (κ2) is 8.67. The zero-order chi connectivity index (χ0) is 23.8. The summed E-state index contributed by atoms with van der Waals surface area (Å²) in [7, 11) is 0. The molecule has 0 spiro atoms. The molecule has 7 heteroatoms. The number of hydrogen-bond donors (Lipinski definition) is 2. The summed E-state index contributed by atoms with van der Waals surface area (Å²) in [6, 6.07) is 21.2. The van der Waals surface area contributed by atoms with Crippen molar-refractivity contribution in [1.29, 1.82) is 0 Å². The maximum Gasteiger partial charge on any atom is 0.407 e. The van der Waals surface area contributed by atoms with Crippen LogP contribution in [0, 0.1) is 0 Å². The van der Waals surface area contributed by atoms with Crippen LogP contribution in [0.4, 0.5) is 10.5 Å². The average molecular weight is 456 g/mol. The molecule has 2 N–H and O–H groups in total. The van der Waals surface area contributed by atoms with Gasteiger partial charge in [0, 0.05) is 18.0 Å². The van der Waals surface area contributed by atoms with Crippen LogP contribution >= 0.6 is 0 Å². The monoisotopic (exact) mass is 456 g/mol. The zero-order valence-corrected chi connectivity index (χ0v) is 18.6. The van der Waals surface area contributed by atoms with E-state index in [2.05, 4.69) is 17.4 Å². The molecule has 0 fully saturated rings. The maximum atomic E-state index is 13.1. The summed E-state index contributed by atoms with van der Waals surface area (Å²) in [5, 5.41) is 12.2. The Kier molecular flexibility index (Phi) is 5.53. The van der Waals surface area contributed by atoms with Crippen LogP contribution in [0.2, 0.25) is 0 Å². The Balaban J connectivity index is 1.27. The van der Waals surface area contributed by atoms with Crippen molar-refractivity contribution in [2.24, 2.45) is 0 Å². The SMILES string of the molecule is CC(NC(=O)OCC1c2ccccc2-c2ccccc21)C(=O)N1c2ccccc2C[C@H]1C(=O)O. The van der Waals surface area contributed by atoms with Crippen LogP contribution in [0.5, 0.6) is 0 Å². The van der Waals surface area contributed by atoms with Crippen LogP contribution in [-0.2, 0) is 20.7 Å². The lowest BCUT2D eigenvalue weighted by molar-refractivity contribution is -0.140. The first-order chi connectivity index (χ1) is 16.5. The number of carbonyl (C=O) groups is 3. The number of rotatable bonds is 5. The molecule has 0 radical (unpaired) electrons. The Hall–Kier alpha value is -4.13. The van der Waals surface area contributed by atoms with E-state index in [1.54, 1.807) is 12.1 Å². The topological polar surface area (TPSA) is 95.9 Å². The van der Waals surface area contributed by atoms with Gasteiger partial charge in [-0.3, -0.25) is 9.69 Å². The number of carboxylic acid groups (broad SMARTS) is 1. The molecule has 1 aliphatic carbocycles. The van der Waals surface area contributed by atoms with Crippen LogP contribution in [0.15, 0.2) is 72.8 Å². The van der Waals surface area contributed by atoms with Gasteiger partial charge in [-0.25, -0.2) is 9.59 Å². The standard InChI is InChI=1S/C27H24N2O5/c1-16(25(30)29-23-13-7-2-8-17(23)14-24(29)26(31)32)28-27(33)34-15-22-20-11-5-3-9-18(20)19-10-4-6-12-21(19)22/h2-13,16,22,24H,14-15H2,1H3,(H,28,33)(H,31,32)/t16?,24-/m0/s1. The molecular weight excluding hydrogens is 432 g/mol. The number of ether oxygens (including phenoxy) is 1. The molecule has 0 aromatic heterocycles. The van der Waals surface area contributed by atoms with Crippen LogP contribution in [0.3, 0.4) is 0 Å². The first-order valence-corrected chi connectivity index (χ1v) is 11.2. The van der Waals surface area contributed by atoms with Gasteiger partial charge in [-0.2, -0.15) is 0 Å². The summed E-state index contributed by atoms with van der Waals surface area (Å²) in [4.78, 5) is 38.8. The highest BCUT2D eigenvalue weighted by molar-refractivity contribution is 6.05. The predicted molar refractivity (Wildman–Crippen MR) is 127 cm³/mol. The fourth-order valence-electron chi connectivity index (χ4n) is 4.94. The largest absolute Gasteiger partial charge is 0.480 e. The van der Waals surface area contributed by atoms with Crippen LogP contribution in [0.1, 0.15) is 29.5 Å². The number of carbonyl (C=O) groups excluding carboxylic acids is 2. The van der Waals surface area contributed by atoms with Gasteiger partial charge in [0.05, 0.1) is 0 Å². The third-order valence-electron chi connectivity index (χ3n) is 6.55. The van der Waals surface area contributed by atoms with Gasteiger partial charge in [0.2, 0.25) is 5.91 Å². The lowest BCUT2D eigenvalue weighted by Crippen LogP contribution is -2.52. The van der Waals surface area contributed by atoms with Crippen molar-refractivity contribution in [3.05, 3.63) is 89.5 Å². The fraction of sp³-hybridized carbons (Fsp3) is 0.222. The van der Waals surface area contributed by atoms with Crippen molar-refractivity contribution < 1.29 is 24.2 Å². The molecule has 1 unspecified atom stereocenters. The summed E-state index contributed by atoms with van der Waals surface area (Å²) >= 11 is 0. The minimum atomic E-state index is -1.09. The van der Waals surface area contributed by atoms with Gasteiger partial charge in [0.1, 0.15) is 18.7 Å². The molecule has 5 rings (SSSR count). The molecular formula is C27H24N2O5. The van der Waals surface area contributed by atoms with Gasteiger partial charge in [-0.05, 0) is 40.8 Å². The number of hydrogen-bond acceptors (Lipinski definition) is 4. The van der Waals surface area contributed by atoms with E-state index in [4.69, 9.17) is 4.74 Å². The minimum Gasteiger partial charge on any atom is -0.480 e. The van der Waals surface area contributed by atoms with Gasteiger partial charge in [0.25, 0.3) is 0 Å². The summed E-state index contributed by atoms with van der Waals surface area (Å²) in [5.41, 5.74) is 5.79. The molecule has 0 saturated carbocycles. The molecule has 1 aliphatic heterocycles. The van der Waals surface area contributed by atoms with Gasteiger partial charge >= 0.3 is 12.1 Å². The number of nitrogens with one attached hydrogen (secondary N) is 1. The van der Waals surface area contributed by atoms with Crippen molar-refractivity contribution in [2.75, 3.05) is 11.5 Å². The van der Waals surface area contributed by atoms with E-state index in [0.29, 0.717) is 5.69 Å². The first kappa shape index (κ1) is 21.7. The third kappa shape index (κ3) is 3.69. The van der Waals surface area contributed by atoms with E-state index in [1.807, 2.05) is 48.5 Å².